The smallest absolute Gasteiger partial charge is 0.223 e. The molecule has 2 N–H and O–H groups in total. The van der Waals surface area contributed by atoms with E-state index in [2.05, 4.69) is 15.1 Å². The summed E-state index contributed by atoms with van der Waals surface area (Å²) in [5.41, 5.74) is 2.14. The van der Waals surface area contributed by atoms with E-state index in [1.807, 2.05) is 13.8 Å². The maximum Gasteiger partial charge on any atom is 0.223 e. The molecule has 1 aromatic heterocycles. The van der Waals surface area contributed by atoms with Crippen LogP contribution in [0.1, 0.15) is 36.2 Å². The van der Waals surface area contributed by atoms with E-state index in [9.17, 15) is 9.90 Å². The molecule has 3 rings (SSSR count). The summed E-state index contributed by atoms with van der Waals surface area (Å²) in [5, 5.41) is 18.2. The van der Waals surface area contributed by atoms with Gasteiger partial charge in [-0.3, -0.25) is 9.89 Å². The van der Waals surface area contributed by atoms with Crippen LogP contribution in [0.2, 0.25) is 0 Å². The Balaban J connectivity index is 1.57. The van der Waals surface area contributed by atoms with Gasteiger partial charge in [-0.1, -0.05) is 0 Å². The average molecular weight is 350 g/mol. The summed E-state index contributed by atoms with van der Waals surface area (Å²) in [7, 11) is 0. The number of ether oxygens (including phenoxy) is 1. The molecule has 2 saturated heterocycles. The summed E-state index contributed by atoms with van der Waals surface area (Å²) >= 11 is 0. The van der Waals surface area contributed by atoms with Gasteiger partial charge in [-0.25, -0.2) is 0 Å². The Labute approximate surface area is 149 Å². The van der Waals surface area contributed by atoms with Gasteiger partial charge in [0.2, 0.25) is 5.91 Å². The Hall–Kier alpha value is -1.44. The topological polar surface area (TPSA) is 81.7 Å². The molecule has 25 heavy (non-hydrogen) atoms. The molecule has 140 valence electrons. The Morgan fingerprint density at radius 2 is 2.08 bits per heavy atom. The summed E-state index contributed by atoms with van der Waals surface area (Å²) in [4.78, 5) is 16.7. The fourth-order valence-corrected chi connectivity index (χ4v) is 3.74. The molecule has 1 aromatic rings. The van der Waals surface area contributed by atoms with Crippen molar-refractivity contribution in [2.75, 3.05) is 45.9 Å². The van der Waals surface area contributed by atoms with E-state index in [-0.39, 0.29) is 5.91 Å². The zero-order valence-corrected chi connectivity index (χ0v) is 15.4. The number of nitrogens with one attached hydrogen (secondary N) is 1. The Kier molecular flexibility index (Phi) is 5.76. The van der Waals surface area contributed by atoms with Crippen LogP contribution in [0.15, 0.2) is 0 Å². The van der Waals surface area contributed by atoms with E-state index in [1.54, 1.807) is 4.90 Å². The molecule has 7 heteroatoms. The number of carbonyl (C=O) groups is 1. The van der Waals surface area contributed by atoms with Crippen molar-refractivity contribution < 1.29 is 14.6 Å². The van der Waals surface area contributed by atoms with Crippen LogP contribution in [0.3, 0.4) is 0 Å². The van der Waals surface area contributed by atoms with Gasteiger partial charge in [0, 0.05) is 31.6 Å². The molecule has 0 radical (unpaired) electrons. The first-order valence-electron chi connectivity index (χ1n) is 9.27. The summed E-state index contributed by atoms with van der Waals surface area (Å²) in [5.74, 6) is 0.0606. The highest BCUT2D eigenvalue weighted by atomic mass is 16.5. The molecule has 2 fully saturated rings. The van der Waals surface area contributed by atoms with E-state index in [4.69, 9.17) is 4.74 Å². The van der Waals surface area contributed by atoms with Crippen molar-refractivity contribution in [1.82, 2.24) is 20.0 Å². The van der Waals surface area contributed by atoms with Crippen LogP contribution in [-0.4, -0.2) is 82.5 Å². The molecule has 2 aliphatic rings. The number of amides is 1. The van der Waals surface area contributed by atoms with Gasteiger partial charge in [0.25, 0.3) is 0 Å². The van der Waals surface area contributed by atoms with Crippen LogP contribution in [0.25, 0.3) is 0 Å². The quantitative estimate of drug-likeness (QED) is 0.815. The van der Waals surface area contributed by atoms with Crippen molar-refractivity contribution in [3.05, 3.63) is 17.0 Å². The van der Waals surface area contributed by atoms with E-state index in [0.29, 0.717) is 45.7 Å². The molecule has 0 saturated carbocycles. The van der Waals surface area contributed by atoms with Crippen LogP contribution in [0.5, 0.6) is 0 Å². The third-order valence-corrected chi connectivity index (χ3v) is 5.36. The summed E-state index contributed by atoms with van der Waals surface area (Å²) < 4.78 is 5.60. The number of aryl methyl sites for hydroxylation is 2. The first kappa shape index (κ1) is 18.4. The van der Waals surface area contributed by atoms with E-state index >= 15 is 0 Å². The number of hydrogen-bond acceptors (Lipinski definition) is 5. The van der Waals surface area contributed by atoms with Crippen molar-refractivity contribution in [1.29, 1.82) is 0 Å². The van der Waals surface area contributed by atoms with Crippen molar-refractivity contribution in [2.45, 2.75) is 45.1 Å². The molecule has 0 bridgehead atoms. The van der Waals surface area contributed by atoms with Crippen LogP contribution in [0.4, 0.5) is 0 Å². The number of hydrogen-bond donors (Lipinski definition) is 2. The fraction of sp³-hybridized carbons (Fsp3) is 0.778. The largest absolute Gasteiger partial charge is 0.384 e. The van der Waals surface area contributed by atoms with Gasteiger partial charge in [-0.15, -0.1) is 0 Å². The molecule has 2 aliphatic heterocycles. The molecule has 0 aromatic carbocycles. The van der Waals surface area contributed by atoms with Gasteiger partial charge in [-0.05, 0) is 45.3 Å². The molecule has 1 amide bonds. The highest BCUT2D eigenvalue weighted by Gasteiger charge is 2.36. The summed E-state index contributed by atoms with van der Waals surface area (Å²) in [6, 6.07) is 0. The third kappa shape index (κ3) is 4.59. The Bertz CT molecular complexity index is 597. The standard InChI is InChI=1S/C18H30N4O3/c1-14-15(2)19-20-16(14)5-6-17(23)22-9-10-25-13-18(24,12-22)11-21-7-3-4-8-21/h24H,3-13H2,1-2H3,(H,19,20)/t18-/m1/s1. The zero-order valence-electron chi connectivity index (χ0n) is 15.4. The van der Waals surface area contributed by atoms with Gasteiger partial charge in [-0.2, -0.15) is 5.10 Å². The maximum atomic E-state index is 12.7. The van der Waals surface area contributed by atoms with Gasteiger partial charge < -0.3 is 19.6 Å². The van der Waals surface area contributed by atoms with Gasteiger partial charge in [0.1, 0.15) is 5.60 Å². The van der Waals surface area contributed by atoms with E-state index in [1.165, 1.54) is 12.8 Å². The van der Waals surface area contributed by atoms with Crippen molar-refractivity contribution in [3.8, 4) is 0 Å². The molecule has 1 atom stereocenters. The predicted octanol–water partition coefficient (Wildman–Crippen LogP) is 0.645. The summed E-state index contributed by atoms with van der Waals surface area (Å²) in [6.07, 6.45) is 3.39. The number of rotatable bonds is 5. The average Bonchev–Trinajstić information content (AvgIpc) is 3.14. The van der Waals surface area contributed by atoms with Crippen LogP contribution < -0.4 is 0 Å². The van der Waals surface area contributed by atoms with Crippen molar-refractivity contribution in [3.63, 3.8) is 0 Å². The number of likely N-dealkylation sites (tertiary alicyclic amines) is 1. The number of aromatic amines is 1. The second-order valence-corrected chi connectivity index (χ2v) is 7.50. The van der Waals surface area contributed by atoms with Gasteiger partial charge in [0.15, 0.2) is 0 Å². The van der Waals surface area contributed by atoms with E-state index < -0.39 is 5.60 Å². The first-order valence-corrected chi connectivity index (χ1v) is 9.27. The molecule has 0 unspecified atom stereocenters. The lowest BCUT2D eigenvalue weighted by Gasteiger charge is -2.34. The molecule has 7 nitrogen and oxygen atoms in total. The van der Waals surface area contributed by atoms with Gasteiger partial charge in [0.05, 0.1) is 25.5 Å². The zero-order chi connectivity index (χ0) is 17.9. The lowest BCUT2D eigenvalue weighted by atomic mass is 10.0. The second kappa shape index (κ2) is 7.85. The highest BCUT2D eigenvalue weighted by Crippen LogP contribution is 2.19. The number of β-amino-alcohol motifs (C(OH)–C–C–N with tert-alkyl or cyclic N) is 1. The minimum atomic E-state index is -0.977. The van der Waals surface area contributed by atoms with E-state index in [0.717, 1.165) is 30.0 Å². The monoisotopic (exact) mass is 350 g/mol. The minimum Gasteiger partial charge on any atom is -0.384 e. The number of aliphatic hydroxyl groups is 1. The maximum absolute atomic E-state index is 12.7. The second-order valence-electron chi connectivity index (χ2n) is 7.50. The number of aromatic nitrogens is 2. The van der Waals surface area contributed by atoms with Gasteiger partial charge >= 0.3 is 0 Å². The van der Waals surface area contributed by atoms with Crippen molar-refractivity contribution >= 4 is 5.91 Å². The molecule has 0 spiro atoms. The molecule has 3 heterocycles. The number of carbonyl (C=O) groups excluding carboxylic acids is 1. The molecule has 0 aliphatic carbocycles. The molecular weight excluding hydrogens is 320 g/mol. The number of nitrogens with zero attached hydrogens (tertiary/aromatic N) is 3. The minimum absolute atomic E-state index is 0.0606. The lowest BCUT2D eigenvalue weighted by molar-refractivity contribution is -0.134. The van der Waals surface area contributed by atoms with Crippen LogP contribution >= 0.6 is 0 Å². The molecular formula is C18H30N4O3. The van der Waals surface area contributed by atoms with Crippen LogP contribution in [-0.2, 0) is 16.0 Å². The van der Waals surface area contributed by atoms with Crippen LogP contribution in [0, 0.1) is 13.8 Å². The SMILES string of the molecule is Cc1[nH]nc(CCC(=O)N2CCOC[C@@](O)(CN3CCCC3)C2)c1C. The Morgan fingerprint density at radius 1 is 1.32 bits per heavy atom. The lowest BCUT2D eigenvalue weighted by Crippen LogP contribution is -2.53. The highest BCUT2D eigenvalue weighted by molar-refractivity contribution is 5.76. The third-order valence-electron chi connectivity index (χ3n) is 5.36. The Morgan fingerprint density at radius 3 is 2.76 bits per heavy atom. The predicted molar refractivity (Wildman–Crippen MR) is 94.4 cm³/mol. The van der Waals surface area contributed by atoms with Crippen molar-refractivity contribution in [2.24, 2.45) is 0 Å². The summed E-state index contributed by atoms with van der Waals surface area (Å²) in [6.45, 7) is 8.29. The first-order chi connectivity index (χ1) is 12.0. The number of H-pyrrole nitrogens is 1. The fourth-order valence-electron chi connectivity index (χ4n) is 3.74. The normalized spacial score (nSPS) is 25.3.